The molecule has 0 aromatic heterocycles. The zero-order valence-corrected chi connectivity index (χ0v) is 27.4. The van der Waals surface area contributed by atoms with E-state index >= 15 is 0 Å². The van der Waals surface area contributed by atoms with E-state index in [0.29, 0.717) is 37.1 Å². The summed E-state index contributed by atoms with van der Waals surface area (Å²) in [6.45, 7) is 4.13. The van der Waals surface area contributed by atoms with Crippen LogP contribution >= 0.6 is 0 Å². The number of alkyl halides is 3. The van der Waals surface area contributed by atoms with Gasteiger partial charge in [0.2, 0.25) is 0 Å². The third kappa shape index (κ3) is 9.77. The number of benzene rings is 1. The zero-order chi connectivity index (χ0) is 31.6. The van der Waals surface area contributed by atoms with E-state index in [0.717, 1.165) is 62.8 Å². The van der Waals surface area contributed by atoms with Crippen LogP contribution in [-0.4, -0.2) is 71.4 Å². The number of unbranched alkanes of at least 4 members (excludes halogenated alkanes) is 2. The molecule has 3 N–H and O–H groups in total. The molecule has 2 saturated carbocycles. The second kappa shape index (κ2) is 16.4. The van der Waals surface area contributed by atoms with Crippen LogP contribution in [0.4, 0.5) is 13.2 Å². The van der Waals surface area contributed by atoms with Crippen LogP contribution in [0.2, 0.25) is 0 Å². The molecule has 1 aromatic carbocycles. The molecule has 5 rings (SSSR count). The number of halogens is 3. The summed E-state index contributed by atoms with van der Waals surface area (Å²) < 4.78 is 39.5. The molecule has 0 radical (unpaired) electrons. The number of hydrogen-bond acceptors (Lipinski definition) is 4. The van der Waals surface area contributed by atoms with Crippen molar-refractivity contribution in [3.05, 3.63) is 35.4 Å². The summed E-state index contributed by atoms with van der Waals surface area (Å²) in [6.07, 6.45) is 18.2. The molecule has 45 heavy (non-hydrogen) atoms. The van der Waals surface area contributed by atoms with E-state index in [9.17, 15) is 13.2 Å². The lowest BCUT2D eigenvalue weighted by Crippen LogP contribution is -2.42. The van der Waals surface area contributed by atoms with Crippen molar-refractivity contribution in [2.75, 3.05) is 32.7 Å². The van der Waals surface area contributed by atoms with Gasteiger partial charge < -0.3 is 20.4 Å². The average molecular weight is 631 g/mol. The molecule has 4 aliphatic rings. The first-order valence-corrected chi connectivity index (χ1v) is 18.1. The van der Waals surface area contributed by atoms with Gasteiger partial charge in [-0.15, -0.1) is 0 Å². The lowest BCUT2D eigenvalue weighted by atomic mass is 9.84. The Kier molecular flexibility index (Phi) is 12.4. The van der Waals surface area contributed by atoms with Crippen molar-refractivity contribution in [2.45, 2.75) is 134 Å². The van der Waals surface area contributed by atoms with Gasteiger partial charge in [-0.1, -0.05) is 95.2 Å². The molecule has 0 bridgehead atoms. The highest BCUT2D eigenvalue weighted by Crippen LogP contribution is 2.33. The Balaban J connectivity index is 1.07. The first-order valence-electron chi connectivity index (χ1n) is 18.1. The second-order valence-electron chi connectivity index (χ2n) is 14.3. The largest absolute Gasteiger partial charge is 0.416 e. The van der Waals surface area contributed by atoms with Gasteiger partial charge in [0.05, 0.1) is 18.2 Å². The number of aliphatic imine (C=N–C) groups is 1. The first-order chi connectivity index (χ1) is 21.8. The molecule has 252 valence electrons. The van der Waals surface area contributed by atoms with Crippen molar-refractivity contribution < 1.29 is 13.2 Å². The van der Waals surface area contributed by atoms with Gasteiger partial charge in [-0.2, -0.15) is 13.2 Å². The van der Waals surface area contributed by atoms with Gasteiger partial charge in [0.25, 0.3) is 0 Å². The summed E-state index contributed by atoms with van der Waals surface area (Å²) in [6, 6.07) is 6.25. The van der Waals surface area contributed by atoms with Crippen LogP contribution in [0.1, 0.15) is 120 Å². The Hall–Kier alpha value is -2.45. The fourth-order valence-electron chi connectivity index (χ4n) is 8.43. The van der Waals surface area contributed by atoms with Crippen molar-refractivity contribution >= 4 is 11.9 Å². The summed E-state index contributed by atoms with van der Waals surface area (Å²) in [7, 11) is 0. The molecule has 9 heteroatoms. The van der Waals surface area contributed by atoms with Gasteiger partial charge in [0.15, 0.2) is 11.9 Å². The summed E-state index contributed by atoms with van der Waals surface area (Å²) in [5, 5.41) is 9.13. The normalized spacial score (nSPS) is 23.8. The Morgan fingerprint density at radius 1 is 0.800 bits per heavy atom. The van der Waals surface area contributed by atoms with E-state index in [1.165, 1.54) is 102 Å². The maximum absolute atomic E-state index is 13.2. The molecule has 2 atom stereocenters. The van der Waals surface area contributed by atoms with Crippen LogP contribution in [0.15, 0.2) is 29.3 Å². The molecular formula is C36H57F3N6. The molecule has 3 fully saturated rings. The smallest absolute Gasteiger partial charge is 0.370 e. The Morgan fingerprint density at radius 2 is 1.49 bits per heavy atom. The monoisotopic (exact) mass is 630 g/mol. The lowest BCUT2D eigenvalue weighted by Gasteiger charge is -2.30. The van der Waals surface area contributed by atoms with E-state index in [4.69, 9.17) is 11.1 Å². The van der Waals surface area contributed by atoms with Gasteiger partial charge in [-0.3, -0.25) is 10.4 Å². The molecule has 2 aliphatic carbocycles. The number of nitrogens with two attached hydrogens (primary N) is 1. The summed E-state index contributed by atoms with van der Waals surface area (Å²) in [4.78, 5) is 11.3. The highest BCUT2D eigenvalue weighted by atomic mass is 19.4. The van der Waals surface area contributed by atoms with E-state index in [1.807, 2.05) is 0 Å². The van der Waals surface area contributed by atoms with Crippen molar-refractivity contribution in [1.29, 1.82) is 5.41 Å². The van der Waals surface area contributed by atoms with E-state index in [2.05, 4.69) is 19.7 Å². The number of hydrogen-bond donors (Lipinski definition) is 2. The topological polar surface area (TPSA) is 71.9 Å². The maximum atomic E-state index is 13.2. The quantitative estimate of drug-likeness (QED) is 0.192. The predicted molar refractivity (Wildman–Crippen MR) is 177 cm³/mol. The Labute approximate surface area is 269 Å². The standard InChI is InChI=1S/C36H57F3N6/c37-36(38,39)31-18-11-17-30(24-31)20-23-44-32(26-42-34(44)40)19-8-9-21-43-27-33(25-29-15-5-2-6-16-29)45(35(43)41)22-10-7-14-28-12-3-1-4-13-28/h11,17-18,24,28-29,32-33,41H,1-10,12-16,19-23,25-27H2,(H2,40,42)/t32-,33-/m0/s1. The fourth-order valence-corrected chi connectivity index (χ4v) is 8.43. The highest BCUT2D eigenvalue weighted by Gasteiger charge is 2.36. The highest BCUT2D eigenvalue weighted by molar-refractivity contribution is 5.80. The van der Waals surface area contributed by atoms with Crippen LogP contribution in [0, 0.1) is 17.2 Å². The number of rotatable bonds is 15. The molecule has 6 nitrogen and oxygen atoms in total. The minimum atomic E-state index is -4.33. The predicted octanol–water partition coefficient (Wildman–Crippen LogP) is 8.06. The van der Waals surface area contributed by atoms with Gasteiger partial charge >= 0.3 is 6.18 Å². The molecule has 1 aromatic rings. The molecule has 0 amide bonds. The van der Waals surface area contributed by atoms with Crippen molar-refractivity contribution in [3.8, 4) is 0 Å². The first kappa shape index (κ1) is 33.9. The Bertz CT molecular complexity index is 1090. The summed E-state index contributed by atoms with van der Waals surface area (Å²) in [5.41, 5.74) is 6.27. The lowest BCUT2D eigenvalue weighted by molar-refractivity contribution is -0.137. The minimum Gasteiger partial charge on any atom is -0.370 e. The third-order valence-corrected chi connectivity index (χ3v) is 11.1. The molecule has 0 unspecified atom stereocenters. The van der Waals surface area contributed by atoms with Gasteiger partial charge in [0, 0.05) is 32.2 Å². The second-order valence-corrected chi connectivity index (χ2v) is 14.3. The number of guanidine groups is 2. The molecular weight excluding hydrogens is 573 g/mol. The van der Waals surface area contributed by atoms with Crippen molar-refractivity contribution in [1.82, 2.24) is 14.7 Å². The minimum absolute atomic E-state index is 0.188. The third-order valence-electron chi connectivity index (χ3n) is 11.1. The van der Waals surface area contributed by atoms with E-state index < -0.39 is 11.7 Å². The van der Waals surface area contributed by atoms with E-state index in [-0.39, 0.29) is 6.04 Å². The molecule has 0 spiro atoms. The number of nitrogens with zero attached hydrogens (tertiary/aromatic N) is 4. The van der Waals surface area contributed by atoms with Gasteiger partial charge in [-0.05, 0) is 62.0 Å². The maximum Gasteiger partial charge on any atom is 0.416 e. The van der Waals surface area contributed by atoms with Crippen molar-refractivity contribution in [2.24, 2.45) is 22.6 Å². The molecule has 2 aliphatic heterocycles. The van der Waals surface area contributed by atoms with Gasteiger partial charge in [0.1, 0.15) is 0 Å². The van der Waals surface area contributed by atoms with Crippen LogP contribution in [0.3, 0.4) is 0 Å². The number of nitrogens with one attached hydrogen (secondary N) is 1. The van der Waals surface area contributed by atoms with Crippen LogP contribution < -0.4 is 5.73 Å². The van der Waals surface area contributed by atoms with Crippen LogP contribution in [0.25, 0.3) is 0 Å². The van der Waals surface area contributed by atoms with Crippen LogP contribution in [-0.2, 0) is 12.6 Å². The van der Waals surface area contributed by atoms with Crippen LogP contribution in [0.5, 0.6) is 0 Å². The Morgan fingerprint density at radius 3 is 2.22 bits per heavy atom. The SMILES string of the molecule is N=C1N(CCCC[C@H]2CN=C(N)N2CCc2cccc(C(F)(F)F)c2)C[C@H](CC2CCCCC2)N1CCCCC1CCCCC1. The zero-order valence-electron chi connectivity index (χ0n) is 27.4. The molecule has 1 saturated heterocycles. The van der Waals surface area contributed by atoms with E-state index in [1.54, 1.807) is 6.07 Å². The fraction of sp³-hybridized carbons (Fsp3) is 0.778. The summed E-state index contributed by atoms with van der Waals surface area (Å²) in [5.74, 6) is 2.99. The van der Waals surface area contributed by atoms with Crippen molar-refractivity contribution in [3.63, 3.8) is 0 Å². The summed E-state index contributed by atoms with van der Waals surface area (Å²) >= 11 is 0. The van der Waals surface area contributed by atoms with Gasteiger partial charge in [-0.25, -0.2) is 0 Å². The average Bonchev–Trinajstić information content (AvgIpc) is 3.54. The molecule has 2 heterocycles.